The van der Waals surface area contributed by atoms with Gasteiger partial charge in [-0.1, -0.05) is 13.0 Å². The van der Waals surface area contributed by atoms with E-state index in [9.17, 15) is 0 Å². The van der Waals surface area contributed by atoms with Crippen molar-refractivity contribution in [3.63, 3.8) is 0 Å². The molecule has 2 aromatic heterocycles. The van der Waals surface area contributed by atoms with E-state index in [0.29, 0.717) is 5.82 Å². The molecule has 4 nitrogen and oxygen atoms in total. The van der Waals surface area contributed by atoms with E-state index in [0.717, 1.165) is 35.7 Å². The topological polar surface area (TPSA) is 63.8 Å². The molecule has 5 heteroatoms. The fourth-order valence-electron chi connectivity index (χ4n) is 2.05. The predicted molar refractivity (Wildman–Crippen MR) is 80.2 cm³/mol. The van der Waals surface area contributed by atoms with Gasteiger partial charge in [0.25, 0.3) is 0 Å². The average Bonchev–Trinajstić information content (AvgIpc) is 2.81. The van der Waals surface area contributed by atoms with Crippen LogP contribution in [0.3, 0.4) is 0 Å². The summed E-state index contributed by atoms with van der Waals surface area (Å²) in [7, 11) is 0. The van der Waals surface area contributed by atoms with Crippen LogP contribution in [-0.4, -0.2) is 16.5 Å². The Morgan fingerprint density at radius 3 is 2.95 bits per heavy atom. The molecule has 19 heavy (non-hydrogen) atoms. The molecule has 0 bridgehead atoms. The van der Waals surface area contributed by atoms with Crippen molar-refractivity contribution < 1.29 is 0 Å². The van der Waals surface area contributed by atoms with Gasteiger partial charge in [-0.05, 0) is 26.0 Å². The minimum Gasteiger partial charge on any atom is -0.383 e. The van der Waals surface area contributed by atoms with Gasteiger partial charge in [-0.25, -0.2) is 9.97 Å². The van der Waals surface area contributed by atoms with Gasteiger partial charge < -0.3 is 11.1 Å². The zero-order valence-corrected chi connectivity index (χ0v) is 12.2. The van der Waals surface area contributed by atoms with Gasteiger partial charge >= 0.3 is 0 Å². The third kappa shape index (κ3) is 3.75. The van der Waals surface area contributed by atoms with Gasteiger partial charge in [0.2, 0.25) is 0 Å². The number of anilines is 1. The number of hydrogen-bond donors (Lipinski definition) is 2. The molecular weight excluding hydrogens is 256 g/mol. The van der Waals surface area contributed by atoms with Gasteiger partial charge in [0, 0.05) is 29.6 Å². The fraction of sp³-hybridized carbons (Fsp3) is 0.429. The van der Waals surface area contributed by atoms with Crippen LogP contribution in [0.5, 0.6) is 0 Å². The van der Waals surface area contributed by atoms with Crippen LogP contribution in [0.4, 0.5) is 5.82 Å². The number of rotatable bonds is 6. The van der Waals surface area contributed by atoms with E-state index >= 15 is 0 Å². The van der Waals surface area contributed by atoms with Crippen molar-refractivity contribution in [2.45, 2.75) is 32.7 Å². The quantitative estimate of drug-likeness (QED) is 0.851. The molecule has 2 aromatic rings. The van der Waals surface area contributed by atoms with Crippen molar-refractivity contribution in [3.8, 4) is 0 Å². The summed E-state index contributed by atoms with van der Waals surface area (Å²) in [5.41, 5.74) is 8.15. The smallest absolute Gasteiger partial charge is 0.128 e. The van der Waals surface area contributed by atoms with Gasteiger partial charge in [-0.3, -0.25) is 0 Å². The van der Waals surface area contributed by atoms with E-state index in [1.54, 1.807) is 17.5 Å². The lowest BCUT2D eigenvalue weighted by molar-refractivity contribution is 0.525. The number of pyridine rings is 1. The monoisotopic (exact) mass is 276 g/mol. The Morgan fingerprint density at radius 2 is 2.32 bits per heavy atom. The maximum absolute atomic E-state index is 5.98. The number of nitrogen functional groups attached to an aromatic ring is 1. The molecule has 102 valence electrons. The Labute approximate surface area is 118 Å². The second-order valence-electron chi connectivity index (χ2n) is 4.55. The zero-order valence-electron chi connectivity index (χ0n) is 11.4. The van der Waals surface area contributed by atoms with Crippen molar-refractivity contribution in [1.82, 2.24) is 15.3 Å². The Morgan fingerprint density at radius 1 is 1.47 bits per heavy atom. The Kier molecular flexibility index (Phi) is 4.87. The average molecular weight is 276 g/mol. The van der Waals surface area contributed by atoms with Gasteiger partial charge in [-0.15, -0.1) is 11.3 Å². The second kappa shape index (κ2) is 6.63. The summed E-state index contributed by atoms with van der Waals surface area (Å²) in [6, 6.07) is 4.14. The standard InChI is InChI=1S/C14H20N4S/c1-3-6-16-13(8-11-9-19-10(2)18-11)12-5-4-7-17-14(12)15/h4-5,7,9,13,16H,3,6,8H2,1-2H3,(H2,15,17). The zero-order chi connectivity index (χ0) is 13.7. The van der Waals surface area contributed by atoms with E-state index in [1.807, 2.05) is 19.1 Å². The molecular formula is C14H20N4S. The molecule has 0 radical (unpaired) electrons. The molecule has 0 saturated heterocycles. The molecule has 0 saturated carbocycles. The molecule has 0 aromatic carbocycles. The lowest BCUT2D eigenvalue weighted by atomic mass is 10.0. The van der Waals surface area contributed by atoms with Crippen LogP contribution in [0.25, 0.3) is 0 Å². The number of aryl methyl sites for hydroxylation is 1. The van der Waals surface area contributed by atoms with E-state index in [2.05, 4.69) is 27.6 Å². The number of nitrogens with zero attached hydrogens (tertiary/aromatic N) is 2. The number of thiazole rings is 1. The molecule has 0 fully saturated rings. The highest BCUT2D eigenvalue weighted by Crippen LogP contribution is 2.23. The highest BCUT2D eigenvalue weighted by Gasteiger charge is 2.16. The lowest BCUT2D eigenvalue weighted by Gasteiger charge is -2.19. The number of aromatic nitrogens is 2. The van der Waals surface area contributed by atoms with E-state index < -0.39 is 0 Å². The van der Waals surface area contributed by atoms with Crippen LogP contribution >= 0.6 is 11.3 Å². The summed E-state index contributed by atoms with van der Waals surface area (Å²) >= 11 is 1.68. The van der Waals surface area contributed by atoms with Crippen LogP contribution in [0.15, 0.2) is 23.7 Å². The van der Waals surface area contributed by atoms with E-state index in [1.165, 1.54) is 0 Å². The van der Waals surface area contributed by atoms with Gasteiger partial charge in [0.05, 0.1) is 10.7 Å². The molecule has 1 atom stereocenters. The first-order valence-corrected chi connectivity index (χ1v) is 7.43. The third-order valence-electron chi connectivity index (χ3n) is 2.97. The molecule has 0 aliphatic carbocycles. The van der Waals surface area contributed by atoms with Crippen LogP contribution in [-0.2, 0) is 6.42 Å². The van der Waals surface area contributed by atoms with Gasteiger partial charge in [-0.2, -0.15) is 0 Å². The van der Waals surface area contributed by atoms with Crippen LogP contribution in [0.1, 0.15) is 35.7 Å². The Bertz CT molecular complexity index is 524. The summed E-state index contributed by atoms with van der Waals surface area (Å²) in [5, 5.41) is 6.74. The first-order valence-electron chi connectivity index (χ1n) is 6.55. The molecule has 0 aliphatic heterocycles. The molecule has 1 unspecified atom stereocenters. The molecule has 0 aliphatic rings. The second-order valence-corrected chi connectivity index (χ2v) is 5.61. The fourth-order valence-corrected chi connectivity index (χ4v) is 2.67. The summed E-state index contributed by atoms with van der Waals surface area (Å²) in [6.07, 6.45) is 3.66. The SMILES string of the molecule is CCCNC(Cc1csc(C)n1)c1cccnc1N. The Hall–Kier alpha value is -1.46. The number of nitrogens with one attached hydrogen (secondary N) is 1. The largest absolute Gasteiger partial charge is 0.383 e. The lowest BCUT2D eigenvalue weighted by Crippen LogP contribution is -2.25. The van der Waals surface area contributed by atoms with Crippen LogP contribution < -0.4 is 11.1 Å². The van der Waals surface area contributed by atoms with Gasteiger partial charge in [0.15, 0.2) is 0 Å². The first-order chi connectivity index (χ1) is 9.20. The molecule has 2 heterocycles. The highest BCUT2D eigenvalue weighted by atomic mass is 32.1. The molecule has 2 rings (SSSR count). The Balaban J connectivity index is 2.18. The molecule has 0 amide bonds. The predicted octanol–water partition coefficient (Wildman–Crippen LogP) is 2.71. The highest BCUT2D eigenvalue weighted by molar-refractivity contribution is 7.09. The van der Waals surface area contributed by atoms with Crippen LogP contribution in [0, 0.1) is 6.92 Å². The number of hydrogen-bond acceptors (Lipinski definition) is 5. The van der Waals surface area contributed by atoms with Crippen LogP contribution in [0.2, 0.25) is 0 Å². The van der Waals surface area contributed by atoms with Crippen molar-refractivity contribution in [3.05, 3.63) is 40.0 Å². The van der Waals surface area contributed by atoms with Gasteiger partial charge in [0.1, 0.15) is 5.82 Å². The number of nitrogens with two attached hydrogens (primary N) is 1. The van der Waals surface area contributed by atoms with Crippen molar-refractivity contribution in [2.75, 3.05) is 12.3 Å². The summed E-state index contributed by atoms with van der Waals surface area (Å²) in [4.78, 5) is 8.71. The summed E-state index contributed by atoms with van der Waals surface area (Å²) < 4.78 is 0. The maximum Gasteiger partial charge on any atom is 0.128 e. The normalized spacial score (nSPS) is 12.5. The maximum atomic E-state index is 5.98. The summed E-state index contributed by atoms with van der Waals surface area (Å²) in [6.45, 7) is 5.15. The minimum atomic E-state index is 0.176. The first kappa shape index (κ1) is 14.0. The molecule has 3 N–H and O–H groups in total. The molecule has 0 spiro atoms. The van der Waals surface area contributed by atoms with E-state index in [4.69, 9.17) is 5.73 Å². The van der Waals surface area contributed by atoms with Crippen molar-refractivity contribution >= 4 is 17.2 Å². The van der Waals surface area contributed by atoms with E-state index in [-0.39, 0.29) is 6.04 Å². The summed E-state index contributed by atoms with van der Waals surface area (Å²) in [5.74, 6) is 0.600. The van der Waals surface area contributed by atoms with Crippen molar-refractivity contribution in [2.24, 2.45) is 0 Å². The van der Waals surface area contributed by atoms with Crippen molar-refractivity contribution in [1.29, 1.82) is 0 Å². The third-order valence-corrected chi connectivity index (χ3v) is 3.79. The minimum absolute atomic E-state index is 0.176.